The van der Waals surface area contributed by atoms with Gasteiger partial charge in [-0.25, -0.2) is 0 Å². The fourth-order valence-electron chi connectivity index (χ4n) is 1.61. The number of rotatable bonds is 4. The van der Waals surface area contributed by atoms with Crippen molar-refractivity contribution in [1.29, 1.82) is 0 Å². The summed E-state index contributed by atoms with van der Waals surface area (Å²) in [6.07, 6.45) is 4.54. The van der Waals surface area contributed by atoms with Gasteiger partial charge < -0.3 is 10.4 Å². The highest BCUT2D eigenvalue weighted by Gasteiger charge is 2.12. The summed E-state index contributed by atoms with van der Waals surface area (Å²) >= 11 is 0. The predicted octanol–water partition coefficient (Wildman–Crippen LogP) is 0.989. The van der Waals surface area contributed by atoms with Crippen molar-refractivity contribution in [3.05, 3.63) is 24.2 Å². The van der Waals surface area contributed by atoms with Crippen molar-refractivity contribution in [2.75, 3.05) is 6.54 Å². The van der Waals surface area contributed by atoms with Gasteiger partial charge in [-0.1, -0.05) is 13.8 Å². The summed E-state index contributed by atoms with van der Waals surface area (Å²) in [7, 11) is 0. The standard InChI is InChI=1S/C11H16N4O/c1-7(2)13-6-11(16)9-3-12-5-10-8(9)4-14-15-10/h3-5,7,11,13,16H,6H2,1-2H3,(H,14,15)/t11-/m0/s1. The van der Waals surface area contributed by atoms with Gasteiger partial charge >= 0.3 is 0 Å². The summed E-state index contributed by atoms with van der Waals surface area (Å²) < 4.78 is 0. The Morgan fingerprint density at radius 1 is 1.38 bits per heavy atom. The van der Waals surface area contributed by atoms with Crippen molar-refractivity contribution in [2.45, 2.75) is 26.0 Å². The van der Waals surface area contributed by atoms with E-state index in [9.17, 15) is 5.11 Å². The summed E-state index contributed by atoms with van der Waals surface area (Å²) in [5.41, 5.74) is 1.65. The van der Waals surface area contributed by atoms with E-state index < -0.39 is 6.10 Å². The summed E-state index contributed by atoms with van der Waals surface area (Å²) in [4.78, 5) is 4.07. The van der Waals surface area contributed by atoms with Crippen molar-refractivity contribution in [1.82, 2.24) is 20.5 Å². The van der Waals surface area contributed by atoms with Gasteiger partial charge in [-0.15, -0.1) is 0 Å². The van der Waals surface area contributed by atoms with E-state index in [0.29, 0.717) is 12.6 Å². The summed E-state index contributed by atoms with van der Waals surface area (Å²) in [6, 6.07) is 0.353. The van der Waals surface area contributed by atoms with Crippen LogP contribution < -0.4 is 5.32 Å². The smallest absolute Gasteiger partial charge is 0.0936 e. The minimum Gasteiger partial charge on any atom is -0.387 e. The van der Waals surface area contributed by atoms with Gasteiger partial charge in [0.25, 0.3) is 0 Å². The van der Waals surface area contributed by atoms with E-state index >= 15 is 0 Å². The Balaban J connectivity index is 2.22. The Labute approximate surface area is 93.9 Å². The molecule has 0 aliphatic rings. The topological polar surface area (TPSA) is 73.8 Å². The predicted molar refractivity (Wildman–Crippen MR) is 62.0 cm³/mol. The van der Waals surface area contributed by atoms with Gasteiger partial charge in [0.15, 0.2) is 0 Å². The molecule has 0 spiro atoms. The first-order valence-electron chi connectivity index (χ1n) is 5.37. The molecule has 0 aliphatic carbocycles. The molecule has 2 aromatic heterocycles. The maximum Gasteiger partial charge on any atom is 0.0936 e. The van der Waals surface area contributed by atoms with E-state index in [0.717, 1.165) is 16.5 Å². The number of aromatic amines is 1. The fraction of sp³-hybridized carbons (Fsp3) is 0.455. The highest BCUT2D eigenvalue weighted by Crippen LogP contribution is 2.20. The molecule has 2 aromatic rings. The Kier molecular flexibility index (Phi) is 3.17. The third-order valence-corrected chi connectivity index (χ3v) is 2.48. The summed E-state index contributed by atoms with van der Waals surface area (Å²) in [6.45, 7) is 4.61. The van der Waals surface area contributed by atoms with E-state index in [2.05, 4.69) is 20.5 Å². The van der Waals surface area contributed by atoms with Gasteiger partial charge in [0.05, 0.1) is 24.0 Å². The van der Waals surface area contributed by atoms with Crippen LogP contribution in [-0.4, -0.2) is 32.9 Å². The zero-order valence-corrected chi connectivity index (χ0v) is 9.44. The van der Waals surface area contributed by atoms with E-state index in [1.54, 1.807) is 18.6 Å². The average molecular weight is 220 g/mol. The molecule has 0 radical (unpaired) electrons. The quantitative estimate of drug-likeness (QED) is 0.718. The van der Waals surface area contributed by atoms with Gasteiger partial charge in [-0.05, 0) is 0 Å². The highest BCUT2D eigenvalue weighted by atomic mass is 16.3. The molecule has 2 heterocycles. The lowest BCUT2D eigenvalue weighted by atomic mass is 10.1. The largest absolute Gasteiger partial charge is 0.387 e. The number of pyridine rings is 1. The maximum atomic E-state index is 10.0. The molecule has 0 amide bonds. The number of hydrogen-bond acceptors (Lipinski definition) is 4. The zero-order valence-electron chi connectivity index (χ0n) is 9.44. The number of nitrogens with zero attached hydrogens (tertiary/aromatic N) is 2. The molecule has 5 heteroatoms. The van der Waals surface area contributed by atoms with Gasteiger partial charge in [0.1, 0.15) is 0 Å². The fourth-order valence-corrected chi connectivity index (χ4v) is 1.61. The summed E-state index contributed by atoms with van der Waals surface area (Å²) in [5, 5.41) is 20.9. The Hall–Kier alpha value is -1.46. The Morgan fingerprint density at radius 2 is 2.19 bits per heavy atom. The number of nitrogens with one attached hydrogen (secondary N) is 2. The number of aliphatic hydroxyl groups excluding tert-OH is 1. The van der Waals surface area contributed by atoms with Crippen LogP contribution >= 0.6 is 0 Å². The molecule has 0 fully saturated rings. The van der Waals surface area contributed by atoms with Gasteiger partial charge in [0, 0.05) is 29.7 Å². The second-order valence-corrected chi connectivity index (χ2v) is 4.14. The molecule has 3 N–H and O–H groups in total. The van der Waals surface area contributed by atoms with Crippen LogP contribution in [0.4, 0.5) is 0 Å². The lowest BCUT2D eigenvalue weighted by molar-refractivity contribution is 0.173. The first-order valence-corrected chi connectivity index (χ1v) is 5.37. The van der Waals surface area contributed by atoms with E-state index in [4.69, 9.17) is 0 Å². The minimum absolute atomic E-state index is 0.353. The molecule has 0 saturated heterocycles. The molecule has 2 rings (SSSR count). The summed E-state index contributed by atoms with van der Waals surface area (Å²) in [5.74, 6) is 0. The molecule has 86 valence electrons. The van der Waals surface area contributed by atoms with Crippen molar-refractivity contribution < 1.29 is 5.11 Å². The van der Waals surface area contributed by atoms with Gasteiger partial charge in [0.2, 0.25) is 0 Å². The second kappa shape index (κ2) is 4.59. The Morgan fingerprint density at radius 3 is 2.94 bits per heavy atom. The van der Waals surface area contributed by atoms with Crippen LogP contribution in [0.1, 0.15) is 25.5 Å². The van der Waals surface area contributed by atoms with Crippen LogP contribution in [-0.2, 0) is 0 Å². The van der Waals surface area contributed by atoms with Crippen LogP contribution in [0.5, 0.6) is 0 Å². The SMILES string of the molecule is CC(C)NC[C@H](O)c1cncc2[nH]ncc12. The van der Waals surface area contributed by atoms with Crippen LogP contribution in [0, 0.1) is 0 Å². The zero-order chi connectivity index (χ0) is 11.5. The first-order chi connectivity index (χ1) is 7.68. The number of hydrogen-bond donors (Lipinski definition) is 3. The van der Waals surface area contributed by atoms with E-state index in [1.807, 2.05) is 13.8 Å². The monoisotopic (exact) mass is 220 g/mol. The van der Waals surface area contributed by atoms with Crippen LogP contribution in [0.3, 0.4) is 0 Å². The highest BCUT2D eigenvalue weighted by molar-refractivity contribution is 5.80. The molecule has 0 unspecified atom stereocenters. The van der Waals surface area contributed by atoms with Crippen LogP contribution in [0.15, 0.2) is 18.6 Å². The molecule has 1 atom stereocenters. The minimum atomic E-state index is -0.559. The molecule has 0 aliphatic heterocycles. The Bertz CT molecular complexity index is 466. The van der Waals surface area contributed by atoms with Crippen LogP contribution in [0.25, 0.3) is 10.9 Å². The number of H-pyrrole nitrogens is 1. The lowest BCUT2D eigenvalue weighted by Crippen LogP contribution is -2.28. The van der Waals surface area contributed by atoms with Crippen LogP contribution in [0.2, 0.25) is 0 Å². The molecular weight excluding hydrogens is 204 g/mol. The molecule has 5 nitrogen and oxygen atoms in total. The lowest BCUT2D eigenvalue weighted by Gasteiger charge is -2.14. The third kappa shape index (κ3) is 2.20. The van der Waals surface area contributed by atoms with E-state index in [1.165, 1.54) is 0 Å². The van der Waals surface area contributed by atoms with Crippen molar-refractivity contribution >= 4 is 10.9 Å². The normalized spacial score (nSPS) is 13.5. The second-order valence-electron chi connectivity index (χ2n) is 4.14. The third-order valence-electron chi connectivity index (χ3n) is 2.48. The average Bonchev–Trinajstić information content (AvgIpc) is 2.73. The molecule has 0 saturated carbocycles. The number of fused-ring (bicyclic) bond motifs is 1. The van der Waals surface area contributed by atoms with Crippen molar-refractivity contribution in [3.8, 4) is 0 Å². The van der Waals surface area contributed by atoms with Gasteiger partial charge in [-0.3, -0.25) is 10.1 Å². The van der Waals surface area contributed by atoms with Crippen molar-refractivity contribution in [2.24, 2.45) is 0 Å². The van der Waals surface area contributed by atoms with Gasteiger partial charge in [-0.2, -0.15) is 5.10 Å². The number of aliphatic hydroxyl groups is 1. The first kappa shape index (κ1) is 11.0. The van der Waals surface area contributed by atoms with E-state index in [-0.39, 0.29) is 0 Å². The maximum absolute atomic E-state index is 10.0. The molecular formula is C11H16N4O. The number of aromatic nitrogens is 3. The van der Waals surface area contributed by atoms with Crippen molar-refractivity contribution in [3.63, 3.8) is 0 Å². The molecule has 0 aromatic carbocycles. The molecule has 0 bridgehead atoms. The molecule has 16 heavy (non-hydrogen) atoms.